The Kier molecular flexibility index (Phi) is 4.49. The highest BCUT2D eigenvalue weighted by molar-refractivity contribution is 5.86. The minimum Gasteiger partial charge on any atom is -0.420 e. The van der Waals surface area contributed by atoms with Gasteiger partial charge in [0.15, 0.2) is 11.3 Å². The molecule has 0 atom stereocenters. The van der Waals surface area contributed by atoms with Crippen molar-refractivity contribution in [2.75, 3.05) is 31.2 Å². The average molecular weight is 391 g/mol. The molecule has 5 rings (SSSR count). The molecular weight excluding hydrogens is 370 g/mol. The molecule has 0 radical (unpaired) electrons. The molecule has 1 fully saturated rings. The van der Waals surface area contributed by atoms with Gasteiger partial charge >= 0.3 is 0 Å². The number of aryl methyl sites for hydroxylation is 1. The number of aliphatic hydroxyl groups is 1. The first kappa shape index (κ1) is 17.8. The van der Waals surface area contributed by atoms with Crippen molar-refractivity contribution in [3.05, 3.63) is 54.0 Å². The fraction of sp³-hybridized carbons (Fsp3) is 0.286. The topological polar surface area (TPSA) is 89.4 Å². The van der Waals surface area contributed by atoms with E-state index in [0.717, 1.165) is 30.0 Å². The molecule has 3 aromatic heterocycles. The van der Waals surface area contributed by atoms with Crippen molar-refractivity contribution in [2.24, 2.45) is 0 Å². The molecule has 4 aromatic rings. The minimum atomic E-state index is -0.270. The smallest absolute Gasteiger partial charge is 0.251 e. The molecule has 0 bridgehead atoms. The Bertz CT molecular complexity index is 1160. The van der Waals surface area contributed by atoms with E-state index < -0.39 is 0 Å². The first-order valence-electron chi connectivity index (χ1n) is 9.58. The van der Waals surface area contributed by atoms with Crippen LogP contribution in [0.15, 0.2) is 47.0 Å². The van der Waals surface area contributed by atoms with Crippen LogP contribution in [0.25, 0.3) is 28.3 Å². The van der Waals surface area contributed by atoms with Crippen molar-refractivity contribution in [1.82, 2.24) is 19.7 Å². The number of pyridine rings is 1. The van der Waals surface area contributed by atoms with Crippen molar-refractivity contribution in [3.8, 4) is 17.1 Å². The van der Waals surface area contributed by atoms with Gasteiger partial charge in [-0.2, -0.15) is 10.1 Å². The van der Waals surface area contributed by atoms with Crippen LogP contribution in [0, 0.1) is 6.92 Å². The summed E-state index contributed by atoms with van der Waals surface area (Å²) in [6, 6.07) is 12.2. The molecule has 1 aliphatic heterocycles. The molecule has 148 valence electrons. The molecule has 29 heavy (non-hydrogen) atoms. The number of morpholine rings is 1. The van der Waals surface area contributed by atoms with Crippen LogP contribution in [0.5, 0.6) is 0 Å². The lowest BCUT2D eigenvalue weighted by Gasteiger charge is -2.28. The number of benzene rings is 1. The monoisotopic (exact) mass is 391 g/mol. The molecule has 4 heterocycles. The molecule has 8 heteroatoms. The summed E-state index contributed by atoms with van der Waals surface area (Å²) < 4.78 is 12.9. The van der Waals surface area contributed by atoms with Gasteiger partial charge in [0.2, 0.25) is 5.89 Å². The fourth-order valence-electron chi connectivity index (χ4n) is 3.57. The number of oxazole rings is 1. The highest BCUT2D eigenvalue weighted by atomic mass is 16.5. The lowest BCUT2D eigenvalue weighted by molar-refractivity contribution is 0.123. The van der Waals surface area contributed by atoms with Gasteiger partial charge in [-0.3, -0.25) is 0 Å². The Balaban J connectivity index is 1.60. The number of hydrogen-bond donors (Lipinski definition) is 1. The van der Waals surface area contributed by atoms with Crippen molar-refractivity contribution < 1.29 is 14.3 Å². The maximum Gasteiger partial charge on any atom is 0.251 e. The molecule has 1 N–H and O–H groups in total. The largest absolute Gasteiger partial charge is 0.420 e. The zero-order valence-electron chi connectivity index (χ0n) is 16.1. The van der Waals surface area contributed by atoms with Crippen molar-refractivity contribution in [3.63, 3.8) is 0 Å². The van der Waals surface area contributed by atoms with Crippen LogP contribution >= 0.6 is 0 Å². The zero-order chi connectivity index (χ0) is 19.8. The maximum atomic E-state index is 9.44. The predicted molar refractivity (Wildman–Crippen MR) is 108 cm³/mol. The Morgan fingerprint density at radius 2 is 1.97 bits per heavy atom. The Hall–Kier alpha value is -3.23. The van der Waals surface area contributed by atoms with Gasteiger partial charge in [-0.05, 0) is 19.1 Å². The highest BCUT2D eigenvalue weighted by Gasteiger charge is 2.21. The van der Waals surface area contributed by atoms with Gasteiger partial charge in [-0.15, -0.1) is 0 Å². The van der Waals surface area contributed by atoms with E-state index in [2.05, 4.69) is 33.9 Å². The normalized spacial score (nSPS) is 14.6. The Morgan fingerprint density at radius 3 is 2.76 bits per heavy atom. The number of anilines is 1. The number of rotatable bonds is 4. The van der Waals surface area contributed by atoms with E-state index in [-0.39, 0.29) is 12.5 Å². The van der Waals surface area contributed by atoms with Gasteiger partial charge in [0.1, 0.15) is 6.61 Å². The molecule has 0 amide bonds. The number of aliphatic hydroxyl groups excluding tert-OH is 1. The van der Waals surface area contributed by atoms with E-state index in [4.69, 9.17) is 14.3 Å². The van der Waals surface area contributed by atoms with Gasteiger partial charge in [0, 0.05) is 30.9 Å². The lowest BCUT2D eigenvalue weighted by atomic mass is 10.1. The van der Waals surface area contributed by atoms with Crippen LogP contribution in [-0.4, -0.2) is 51.2 Å². The predicted octanol–water partition coefficient (Wildman–Crippen LogP) is 2.71. The highest BCUT2D eigenvalue weighted by Crippen LogP contribution is 2.29. The van der Waals surface area contributed by atoms with Gasteiger partial charge in [0.25, 0.3) is 5.71 Å². The van der Waals surface area contributed by atoms with Gasteiger partial charge in [-0.25, -0.2) is 9.67 Å². The third kappa shape index (κ3) is 3.37. The molecule has 8 nitrogen and oxygen atoms in total. The lowest BCUT2D eigenvalue weighted by Crippen LogP contribution is -2.36. The van der Waals surface area contributed by atoms with Gasteiger partial charge in [0.05, 0.1) is 24.6 Å². The van der Waals surface area contributed by atoms with E-state index in [0.29, 0.717) is 30.3 Å². The van der Waals surface area contributed by atoms with Crippen LogP contribution in [0.1, 0.15) is 11.5 Å². The summed E-state index contributed by atoms with van der Waals surface area (Å²) in [7, 11) is 0. The van der Waals surface area contributed by atoms with E-state index in [1.54, 1.807) is 4.68 Å². The zero-order valence-corrected chi connectivity index (χ0v) is 16.1. The molecule has 0 saturated carbocycles. The third-order valence-electron chi connectivity index (χ3n) is 5.00. The maximum absolute atomic E-state index is 9.44. The van der Waals surface area contributed by atoms with Crippen molar-refractivity contribution >= 4 is 16.9 Å². The van der Waals surface area contributed by atoms with E-state index in [1.807, 2.05) is 30.5 Å². The fourth-order valence-corrected chi connectivity index (χ4v) is 3.57. The van der Waals surface area contributed by atoms with Gasteiger partial charge < -0.3 is 19.2 Å². The summed E-state index contributed by atoms with van der Waals surface area (Å²) in [4.78, 5) is 11.2. The second-order valence-corrected chi connectivity index (χ2v) is 7.03. The summed E-state index contributed by atoms with van der Waals surface area (Å²) in [5.74, 6) is 0.888. The number of ether oxygens (including phenoxy) is 1. The second kappa shape index (κ2) is 7.31. The molecule has 0 spiro atoms. The van der Waals surface area contributed by atoms with E-state index >= 15 is 0 Å². The first-order valence-corrected chi connectivity index (χ1v) is 9.58. The van der Waals surface area contributed by atoms with Crippen LogP contribution in [0.4, 0.5) is 5.69 Å². The Labute approximate surface area is 167 Å². The molecule has 1 aliphatic rings. The van der Waals surface area contributed by atoms with Gasteiger partial charge in [-0.1, -0.05) is 23.8 Å². The minimum absolute atomic E-state index is 0.250. The first-order chi connectivity index (χ1) is 14.2. The number of hydrogen-bond acceptors (Lipinski definition) is 7. The standard InChI is InChI=1S/C21H21N5O3/c1-14-3-2-4-15(11-14)16-5-6-26(24-16)18-12-17(25-7-9-28-10-8-25)20-21(22-18)29-19(13-27)23-20/h2-6,11-12,27H,7-10,13H2,1H3. The quantitative estimate of drug-likeness (QED) is 0.572. The second-order valence-electron chi connectivity index (χ2n) is 7.03. The number of aromatic nitrogens is 4. The Morgan fingerprint density at radius 1 is 1.10 bits per heavy atom. The molecule has 0 aliphatic carbocycles. The van der Waals surface area contributed by atoms with Crippen LogP contribution in [-0.2, 0) is 11.3 Å². The summed E-state index contributed by atoms with van der Waals surface area (Å²) in [5.41, 5.74) is 5.05. The summed E-state index contributed by atoms with van der Waals surface area (Å²) in [6.07, 6.45) is 1.89. The van der Waals surface area contributed by atoms with E-state index in [1.165, 1.54) is 5.56 Å². The molecule has 1 saturated heterocycles. The summed E-state index contributed by atoms with van der Waals surface area (Å²) in [6.45, 7) is 4.62. The molecule has 0 unspecified atom stereocenters. The van der Waals surface area contributed by atoms with Crippen LogP contribution in [0.3, 0.4) is 0 Å². The molecular formula is C21H21N5O3. The average Bonchev–Trinajstić information content (AvgIpc) is 3.41. The third-order valence-corrected chi connectivity index (χ3v) is 5.00. The van der Waals surface area contributed by atoms with Crippen LogP contribution < -0.4 is 4.90 Å². The number of nitrogens with zero attached hydrogens (tertiary/aromatic N) is 5. The summed E-state index contributed by atoms with van der Waals surface area (Å²) >= 11 is 0. The van der Waals surface area contributed by atoms with Crippen molar-refractivity contribution in [2.45, 2.75) is 13.5 Å². The van der Waals surface area contributed by atoms with Crippen molar-refractivity contribution in [1.29, 1.82) is 0 Å². The SMILES string of the molecule is Cc1cccc(-c2ccn(-c3cc(N4CCOCC4)c4nc(CO)oc4n3)n2)c1. The molecule has 1 aromatic carbocycles. The number of fused-ring (bicyclic) bond motifs is 1. The van der Waals surface area contributed by atoms with E-state index in [9.17, 15) is 5.11 Å². The van der Waals surface area contributed by atoms with Crippen LogP contribution in [0.2, 0.25) is 0 Å². The summed E-state index contributed by atoms with van der Waals surface area (Å²) in [5, 5.41) is 14.2.